The Labute approximate surface area is 92.2 Å². The van der Waals surface area contributed by atoms with E-state index in [-0.39, 0.29) is 11.7 Å². The largest absolute Gasteiger partial charge is 0.494 e. The van der Waals surface area contributed by atoms with Crippen LogP contribution >= 0.6 is 0 Å². The lowest BCUT2D eigenvalue weighted by molar-refractivity contribution is 0.00587. The molecular formula is C11H12FNO3. The number of nitrogens with zero attached hydrogens (tertiary/aromatic N) is 1. The number of ether oxygens (including phenoxy) is 1. The van der Waals surface area contributed by atoms with Crippen molar-refractivity contribution in [2.75, 3.05) is 20.2 Å². The molecule has 1 N–H and O–H groups in total. The van der Waals surface area contributed by atoms with Gasteiger partial charge in [0.15, 0.2) is 11.6 Å². The van der Waals surface area contributed by atoms with E-state index >= 15 is 0 Å². The van der Waals surface area contributed by atoms with Crippen LogP contribution in [-0.2, 0) is 0 Å². The van der Waals surface area contributed by atoms with E-state index in [4.69, 9.17) is 9.84 Å². The minimum atomic E-state index is -0.498. The molecule has 1 aliphatic heterocycles. The molecule has 0 bridgehead atoms. The second-order valence-corrected chi connectivity index (χ2v) is 3.71. The summed E-state index contributed by atoms with van der Waals surface area (Å²) in [6.45, 7) is 0.664. The van der Waals surface area contributed by atoms with Gasteiger partial charge in [-0.15, -0.1) is 0 Å². The molecule has 1 saturated heterocycles. The molecule has 2 rings (SSSR count). The first-order chi connectivity index (χ1) is 7.61. The molecule has 86 valence electrons. The number of likely N-dealkylation sites (tertiary alicyclic amines) is 1. The summed E-state index contributed by atoms with van der Waals surface area (Å²) in [6, 6.07) is 3.97. The smallest absolute Gasteiger partial charge is 0.254 e. The number of amides is 1. The van der Waals surface area contributed by atoms with E-state index in [0.29, 0.717) is 18.7 Å². The van der Waals surface area contributed by atoms with E-state index in [1.54, 1.807) is 0 Å². The highest BCUT2D eigenvalue weighted by molar-refractivity contribution is 5.95. The van der Waals surface area contributed by atoms with Crippen LogP contribution < -0.4 is 4.74 Å². The quantitative estimate of drug-likeness (QED) is 0.804. The number of hydrogen-bond donors (Lipinski definition) is 1. The van der Waals surface area contributed by atoms with Crippen molar-refractivity contribution < 1.29 is 19.0 Å². The number of rotatable bonds is 2. The zero-order valence-corrected chi connectivity index (χ0v) is 8.81. The van der Waals surface area contributed by atoms with Crippen molar-refractivity contribution in [3.05, 3.63) is 29.6 Å². The van der Waals surface area contributed by atoms with Gasteiger partial charge >= 0.3 is 0 Å². The van der Waals surface area contributed by atoms with Crippen molar-refractivity contribution >= 4 is 5.91 Å². The van der Waals surface area contributed by atoms with Crippen LogP contribution in [-0.4, -0.2) is 42.2 Å². The fourth-order valence-electron chi connectivity index (χ4n) is 1.60. The molecule has 1 fully saturated rings. The van der Waals surface area contributed by atoms with Crippen LogP contribution in [0.25, 0.3) is 0 Å². The maximum Gasteiger partial charge on any atom is 0.254 e. The van der Waals surface area contributed by atoms with Crippen molar-refractivity contribution in [1.29, 1.82) is 0 Å². The number of hydrogen-bond acceptors (Lipinski definition) is 3. The molecule has 1 aromatic rings. The van der Waals surface area contributed by atoms with Crippen molar-refractivity contribution in [3.8, 4) is 5.75 Å². The van der Waals surface area contributed by atoms with Gasteiger partial charge in [-0.3, -0.25) is 4.79 Å². The van der Waals surface area contributed by atoms with Crippen molar-refractivity contribution in [2.45, 2.75) is 6.10 Å². The van der Waals surface area contributed by atoms with Gasteiger partial charge in [-0.1, -0.05) is 0 Å². The number of halogens is 1. The van der Waals surface area contributed by atoms with E-state index in [0.717, 1.165) is 0 Å². The highest BCUT2D eigenvalue weighted by Crippen LogP contribution is 2.20. The number of methoxy groups -OCH3 is 1. The minimum Gasteiger partial charge on any atom is -0.494 e. The molecule has 5 heteroatoms. The molecule has 0 radical (unpaired) electrons. The lowest BCUT2D eigenvalue weighted by Crippen LogP contribution is -2.53. The average Bonchev–Trinajstić information content (AvgIpc) is 2.24. The molecule has 0 saturated carbocycles. The molecule has 0 aromatic heterocycles. The molecule has 1 aromatic carbocycles. The lowest BCUT2D eigenvalue weighted by Gasteiger charge is -2.35. The molecule has 1 aliphatic rings. The number of carbonyl (C=O) groups excluding carboxylic acids is 1. The SMILES string of the molecule is COc1cc(C(=O)N2CC(O)C2)ccc1F. The van der Waals surface area contributed by atoms with Crippen LogP contribution in [0.1, 0.15) is 10.4 Å². The lowest BCUT2D eigenvalue weighted by atomic mass is 10.1. The van der Waals surface area contributed by atoms with E-state index in [9.17, 15) is 9.18 Å². The highest BCUT2D eigenvalue weighted by atomic mass is 19.1. The molecule has 16 heavy (non-hydrogen) atoms. The van der Waals surface area contributed by atoms with E-state index < -0.39 is 11.9 Å². The van der Waals surface area contributed by atoms with E-state index in [2.05, 4.69) is 0 Å². The Balaban J connectivity index is 2.17. The van der Waals surface area contributed by atoms with Gasteiger partial charge in [-0.25, -0.2) is 4.39 Å². The maximum absolute atomic E-state index is 13.1. The first-order valence-corrected chi connectivity index (χ1v) is 4.92. The summed E-state index contributed by atoms with van der Waals surface area (Å²) in [6.07, 6.45) is -0.439. The summed E-state index contributed by atoms with van der Waals surface area (Å²) in [5, 5.41) is 9.08. The average molecular weight is 225 g/mol. The fraction of sp³-hybridized carbons (Fsp3) is 0.364. The second kappa shape index (κ2) is 4.09. The van der Waals surface area contributed by atoms with Gasteiger partial charge in [0, 0.05) is 18.7 Å². The molecule has 0 spiro atoms. The number of aliphatic hydroxyl groups is 1. The summed E-state index contributed by atoms with van der Waals surface area (Å²) in [4.78, 5) is 13.3. The van der Waals surface area contributed by atoms with Crippen molar-refractivity contribution in [2.24, 2.45) is 0 Å². The topological polar surface area (TPSA) is 49.8 Å². The highest BCUT2D eigenvalue weighted by Gasteiger charge is 2.29. The molecule has 1 heterocycles. The standard InChI is InChI=1S/C11H12FNO3/c1-16-10-4-7(2-3-9(10)12)11(15)13-5-8(14)6-13/h2-4,8,14H,5-6H2,1H3. The third-order valence-electron chi connectivity index (χ3n) is 2.55. The molecule has 0 unspecified atom stereocenters. The molecule has 0 atom stereocenters. The van der Waals surface area contributed by atoms with Gasteiger partial charge in [0.25, 0.3) is 5.91 Å². The van der Waals surface area contributed by atoms with E-state index in [1.807, 2.05) is 0 Å². The normalized spacial score (nSPS) is 15.8. The zero-order chi connectivity index (χ0) is 11.7. The Morgan fingerprint density at radius 3 is 2.81 bits per heavy atom. The summed E-state index contributed by atoms with van der Waals surface area (Å²) in [7, 11) is 1.35. The van der Waals surface area contributed by atoms with Crippen LogP contribution in [0.5, 0.6) is 5.75 Å². The maximum atomic E-state index is 13.1. The summed E-state index contributed by atoms with van der Waals surface area (Å²) in [5.74, 6) is -0.668. The number of benzene rings is 1. The Morgan fingerprint density at radius 2 is 2.25 bits per heavy atom. The summed E-state index contributed by atoms with van der Waals surface area (Å²) >= 11 is 0. The Morgan fingerprint density at radius 1 is 1.56 bits per heavy atom. The number of aliphatic hydroxyl groups excluding tert-OH is 1. The predicted octanol–water partition coefficient (Wildman–Crippen LogP) is 0.651. The Hall–Kier alpha value is -1.62. The minimum absolute atomic E-state index is 0.0481. The Kier molecular flexibility index (Phi) is 2.78. The summed E-state index contributed by atoms with van der Waals surface area (Å²) in [5.41, 5.74) is 0.366. The van der Waals surface area contributed by atoms with Gasteiger partial charge in [0.05, 0.1) is 13.2 Å². The first kappa shape index (κ1) is 10.9. The van der Waals surface area contributed by atoms with Crippen LogP contribution in [0, 0.1) is 5.82 Å². The monoisotopic (exact) mass is 225 g/mol. The van der Waals surface area contributed by atoms with Gasteiger partial charge in [0.2, 0.25) is 0 Å². The molecule has 4 nitrogen and oxygen atoms in total. The van der Waals surface area contributed by atoms with E-state index in [1.165, 1.54) is 30.2 Å². The van der Waals surface area contributed by atoms with Crippen molar-refractivity contribution in [3.63, 3.8) is 0 Å². The first-order valence-electron chi connectivity index (χ1n) is 4.92. The van der Waals surface area contributed by atoms with Crippen LogP contribution in [0.4, 0.5) is 4.39 Å². The van der Waals surface area contributed by atoms with Gasteiger partial charge in [-0.05, 0) is 18.2 Å². The van der Waals surface area contributed by atoms with Crippen LogP contribution in [0.2, 0.25) is 0 Å². The molecule has 0 aliphatic carbocycles. The Bertz CT molecular complexity index is 416. The fourth-order valence-corrected chi connectivity index (χ4v) is 1.60. The third-order valence-corrected chi connectivity index (χ3v) is 2.55. The second-order valence-electron chi connectivity index (χ2n) is 3.71. The van der Waals surface area contributed by atoms with Gasteiger partial charge < -0.3 is 14.7 Å². The van der Waals surface area contributed by atoms with Gasteiger partial charge in [0.1, 0.15) is 0 Å². The number of carbonyl (C=O) groups is 1. The molecular weight excluding hydrogens is 213 g/mol. The van der Waals surface area contributed by atoms with Gasteiger partial charge in [-0.2, -0.15) is 0 Å². The van der Waals surface area contributed by atoms with Crippen LogP contribution in [0.3, 0.4) is 0 Å². The zero-order valence-electron chi connectivity index (χ0n) is 8.81. The number of β-amino-alcohol motifs (C(OH)–C–C–N with tert-alkyl or cyclic N) is 1. The summed E-state index contributed by atoms with van der Waals surface area (Å²) < 4.78 is 17.9. The van der Waals surface area contributed by atoms with Crippen LogP contribution in [0.15, 0.2) is 18.2 Å². The van der Waals surface area contributed by atoms with Crippen molar-refractivity contribution in [1.82, 2.24) is 4.90 Å². The predicted molar refractivity (Wildman–Crippen MR) is 54.9 cm³/mol. The third kappa shape index (κ3) is 1.86. The molecule has 1 amide bonds.